The fraction of sp³-hybridized carbons (Fsp3) is 0.786. The molecule has 3 fully saturated rings. The van der Waals surface area contributed by atoms with Crippen LogP contribution in [-0.2, 0) is 14.4 Å². The Bertz CT molecular complexity index is 430. The molecule has 5 heteroatoms. The Labute approximate surface area is 112 Å². The van der Waals surface area contributed by atoms with Crippen molar-refractivity contribution in [3.05, 3.63) is 0 Å². The standard InChI is InChI=1S/C14H19NO4/c1-6(2)11(14(18)19)15-12(16)9-7-3-4-8(5-7)10(9)13(15)17/h6-11H,3-5H2,1-2H3,(H,18,19)/p-1/t7-,8-,9-,10-,11-/m0/s1. The average molecular weight is 264 g/mol. The van der Waals surface area contributed by atoms with Gasteiger partial charge in [0, 0.05) is 0 Å². The van der Waals surface area contributed by atoms with Crippen LogP contribution < -0.4 is 5.11 Å². The zero-order chi connectivity index (χ0) is 13.9. The van der Waals surface area contributed by atoms with E-state index in [2.05, 4.69) is 0 Å². The molecular weight excluding hydrogens is 246 g/mol. The molecule has 1 heterocycles. The van der Waals surface area contributed by atoms with Crippen LogP contribution >= 0.6 is 0 Å². The Balaban J connectivity index is 1.94. The molecule has 2 aliphatic carbocycles. The first kappa shape index (κ1) is 12.6. The van der Waals surface area contributed by atoms with Crippen LogP contribution in [0.2, 0.25) is 0 Å². The Hall–Kier alpha value is -1.39. The minimum atomic E-state index is -1.33. The van der Waals surface area contributed by atoms with Gasteiger partial charge in [-0.15, -0.1) is 0 Å². The van der Waals surface area contributed by atoms with Crippen molar-refractivity contribution < 1.29 is 19.5 Å². The van der Waals surface area contributed by atoms with Crippen LogP contribution in [0, 0.1) is 29.6 Å². The molecule has 0 aromatic heterocycles. The summed E-state index contributed by atoms with van der Waals surface area (Å²) < 4.78 is 0. The van der Waals surface area contributed by atoms with Crippen molar-refractivity contribution in [2.45, 2.75) is 39.2 Å². The lowest BCUT2D eigenvalue weighted by Gasteiger charge is -2.31. The number of carboxylic acid groups (broad SMARTS) is 1. The van der Waals surface area contributed by atoms with Gasteiger partial charge in [0.25, 0.3) is 0 Å². The second-order valence-corrected chi connectivity index (χ2v) is 6.44. The van der Waals surface area contributed by atoms with Crippen LogP contribution in [0.3, 0.4) is 0 Å². The molecule has 0 aromatic rings. The van der Waals surface area contributed by atoms with Crippen molar-refractivity contribution in [1.82, 2.24) is 4.90 Å². The van der Waals surface area contributed by atoms with Crippen LogP contribution in [0.15, 0.2) is 0 Å². The molecule has 5 nitrogen and oxygen atoms in total. The van der Waals surface area contributed by atoms with Gasteiger partial charge in [-0.05, 0) is 37.0 Å². The summed E-state index contributed by atoms with van der Waals surface area (Å²) >= 11 is 0. The average Bonchev–Trinajstić information content (AvgIpc) is 2.97. The largest absolute Gasteiger partial charge is 0.548 e. The zero-order valence-corrected chi connectivity index (χ0v) is 11.2. The van der Waals surface area contributed by atoms with Gasteiger partial charge in [-0.3, -0.25) is 14.5 Å². The normalized spacial score (nSPS) is 38.2. The van der Waals surface area contributed by atoms with Crippen molar-refractivity contribution in [1.29, 1.82) is 0 Å². The second kappa shape index (κ2) is 4.05. The molecule has 0 spiro atoms. The Morgan fingerprint density at radius 3 is 2.00 bits per heavy atom. The molecule has 3 rings (SSSR count). The van der Waals surface area contributed by atoms with E-state index >= 15 is 0 Å². The molecule has 1 aliphatic heterocycles. The molecule has 2 amide bonds. The van der Waals surface area contributed by atoms with Gasteiger partial charge in [0.2, 0.25) is 11.8 Å². The number of amides is 2. The van der Waals surface area contributed by atoms with Crippen LogP contribution in [-0.4, -0.2) is 28.7 Å². The number of hydrogen-bond acceptors (Lipinski definition) is 4. The van der Waals surface area contributed by atoms with Gasteiger partial charge < -0.3 is 9.90 Å². The highest BCUT2D eigenvalue weighted by atomic mass is 16.4. The van der Waals surface area contributed by atoms with E-state index in [0.717, 1.165) is 24.2 Å². The highest BCUT2D eigenvalue weighted by molar-refractivity contribution is 6.08. The van der Waals surface area contributed by atoms with Gasteiger partial charge in [0.1, 0.15) is 0 Å². The molecule has 1 saturated heterocycles. The van der Waals surface area contributed by atoms with Crippen molar-refractivity contribution in [2.75, 3.05) is 0 Å². The van der Waals surface area contributed by atoms with E-state index in [4.69, 9.17) is 0 Å². The first-order chi connectivity index (χ1) is 8.93. The van der Waals surface area contributed by atoms with Crippen LogP contribution in [0.5, 0.6) is 0 Å². The molecule has 3 aliphatic rings. The molecule has 2 saturated carbocycles. The van der Waals surface area contributed by atoms with Gasteiger partial charge in [0.15, 0.2) is 0 Å². The van der Waals surface area contributed by atoms with Crippen molar-refractivity contribution in [3.8, 4) is 0 Å². The zero-order valence-electron chi connectivity index (χ0n) is 11.2. The molecule has 104 valence electrons. The predicted octanol–water partition coefficient (Wildman–Crippen LogP) is -0.208. The van der Waals surface area contributed by atoms with E-state index in [-0.39, 0.29) is 41.4 Å². The Morgan fingerprint density at radius 2 is 1.63 bits per heavy atom. The summed E-state index contributed by atoms with van der Waals surface area (Å²) in [6, 6.07) is -1.12. The highest BCUT2D eigenvalue weighted by Crippen LogP contribution is 2.56. The number of carboxylic acids is 1. The third kappa shape index (κ3) is 1.56. The maximum atomic E-state index is 12.5. The van der Waals surface area contributed by atoms with E-state index in [1.54, 1.807) is 13.8 Å². The molecule has 0 radical (unpaired) electrons. The maximum Gasteiger partial charge on any atom is 0.234 e. The topological polar surface area (TPSA) is 77.5 Å². The number of fused-ring (bicyclic) bond motifs is 5. The van der Waals surface area contributed by atoms with Gasteiger partial charge in [0.05, 0.1) is 23.8 Å². The minimum Gasteiger partial charge on any atom is -0.548 e. The summed E-state index contributed by atoms with van der Waals surface area (Å²) in [4.78, 5) is 37.2. The molecule has 2 bridgehead atoms. The van der Waals surface area contributed by atoms with E-state index in [9.17, 15) is 19.5 Å². The third-order valence-corrected chi connectivity index (χ3v) is 5.11. The quantitative estimate of drug-likeness (QED) is 0.661. The minimum absolute atomic E-state index is 0.258. The van der Waals surface area contributed by atoms with Gasteiger partial charge >= 0.3 is 0 Å². The number of rotatable bonds is 3. The van der Waals surface area contributed by atoms with Gasteiger partial charge in [-0.25, -0.2) is 0 Å². The van der Waals surface area contributed by atoms with Gasteiger partial charge in [-0.1, -0.05) is 13.8 Å². The molecule has 0 unspecified atom stereocenters. The van der Waals surface area contributed by atoms with Crippen LogP contribution in [0.25, 0.3) is 0 Å². The van der Waals surface area contributed by atoms with E-state index in [1.807, 2.05) is 0 Å². The van der Waals surface area contributed by atoms with Crippen LogP contribution in [0.1, 0.15) is 33.1 Å². The Kier molecular flexibility index (Phi) is 2.69. The molecule has 0 N–H and O–H groups in total. The lowest BCUT2D eigenvalue weighted by atomic mass is 9.81. The number of carbonyl (C=O) groups excluding carboxylic acids is 3. The monoisotopic (exact) mass is 264 g/mol. The number of hydrogen-bond donors (Lipinski definition) is 0. The smallest absolute Gasteiger partial charge is 0.234 e. The fourth-order valence-corrected chi connectivity index (χ4v) is 4.38. The first-order valence-corrected chi connectivity index (χ1v) is 7.01. The summed E-state index contributed by atoms with van der Waals surface area (Å²) in [5, 5.41) is 11.3. The molecule has 5 atom stereocenters. The Morgan fingerprint density at radius 1 is 1.16 bits per heavy atom. The lowest BCUT2D eigenvalue weighted by Crippen LogP contribution is -2.54. The number of aliphatic carboxylic acids is 1. The van der Waals surface area contributed by atoms with Crippen LogP contribution in [0.4, 0.5) is 0 Å². The first-order valence-electron chi connectivity index (χ1n) is 7.01. The molecular formula is C14H18NO4-. The van der Waals surface area contributed by atoms with Crippen molar-refractivity contribution in [2.24, 2.45) is 29.6 Å². The molecule has 0 aromatic carbocycles. The summed E-state index contributed by atoms with van der Waals surface area (Å²) in [6.45, 7) is 3.40. The van der Waals surface area contributed by atoms with E-state index in [1.165, 1.54) is 0 Å². The van der Waals surface area contributed by atoms with E-state index in [0.29, 0.717) is 0 Å². The summed E-state index contributed by atoms with van der Waals surface area (Å²) in [5.41, 5.74) is 0. The SMILES string of the molecule is CC(C)[C@@H](C(=O)[O-])N1C(=O)[C@H]2[C@H]3CC[C@@H](C3)[C@@H]2C1=O. The van der Waals surface area contributed by atoms with Crippen molar-refractivity contribution in [3.63, 3.8) is 0 Å². The second-order valence-electron chi connectivity index (χ2n) is 6.44. The van der Waals surface area contributed by atoms with Gasteiger partial charge in [-0.2, -0.15) is 0 Å². The lowest BCUT2D eigenvalue weighted by molar-refractivity contribution is -0.312. The fourth-order valence-electron chi connectivity index (χ4n) is 4.38. The summed E-state index contributed by atoms with van der Waals surface area (Å²) in [6.07, 6.45) is 2.95. The third-order valence-electron chi connectivity index (χ3n) is 5.11. The highest BCUT2D eigenvalue weighted by Gasteiger charge is 2.62. The predicted molar refractivity (Wildman–Crippen MR) is 63.3 cm³/mol. The number of likely N-dealkylation sites (tertiary alicyclic amines) is 1. The molecule has 19 heavy (non-hydrogen) atoms. The van der Waals surface area contributed by atoms with Crippen molar-refractivity contribution >= 4 is 17.8 Å². The maximum absolute atomic E-state index is 12.5. The number of nitrogens with zero attached hydrogens (tertiary/aromatic N) is 1. The summed E-state index contributed by atoms with van der Waals surface area (Å²) in [5.74, 6) is -2.15. The number of imide groups is 1. The number of carbonyl (C=O) groups is 3. The summed E-state index contributed by atoms with van der Waals surface area (Å²) in [7, 11) is 0. The van der Waals surface area contributed by atoms with E-state index < -0.39 is 12.0 Å².